The lowest BCUT2D eigenvalue weighted by molar-refractivity contribution is 0.0775. The smallest absolute Gasteiger partial charge is 0.450 e. The van der Waals surface area contributed by atoms with E-state index in [9.17, 15) is 4.79 Å². The van der Waals surface area contributed by atoms with E-state index in [-0.39, 0.29) is 4.11 Å². The molecule has 0 aliphatic heterocycles. The lowest BCUT2D eigenvalue weighted by Crippen LogP contribution is -2.16. The molecule has 1 N–H and O–H groups in total. The molecule has 0 bridgehead atoms. The quantitative estimate of drug-likeness (QED) is 0.493. The lowest BCUT2D eigenvalue weighted by Gasteiger charge is -2.23. The third-order valence-corrected chi connectivity index (χ3v) is 3.23. The molecule has 0 saturated heterocycles. The zero-order valence-corrected chi connectivity index (χ0v) is 9.70. The molecular weight excluding hydrogens is 283 g/mol. The van der Waals surface area contributed by atoms with Gasteiger partial charge in [0.2, 0.25) is 0 Å². The van der Waals surface area contributed by atoms with Gasteiger partial charge in [0.1, 0.15) is 0 Å². The summed E-state index contributed by atoms with van der Waals surface area (Å²) in [6, 6.07) is 0. The maximum absolute atomic E-state index is 10.2. The first kappa shape index (κ1) is 11.1. The van der Waals surface area contributed by atoms with Gasteiger partial charge in [0.25, 0.3) is 0 Å². The highest BCUT2D eigenvalue weighted by molar-refractivity contribution is 14.1. The van der Waals surface area contributed by atoms with Gasteiger partial charge in [-0.05, 0) is 34.9 Å². The zero-order valence-electron chi connectivity index (χ0n) is 7.54. The van der Waals surface area contributed by atoms with Gasteiger partial charge in [-0.3, -0.25) is 0 Å². The van der Waals surface area contributed by atoms with E-state index >= 15 is 0 Å². The molecule has 4 heteroatoms. The molecule has 1 aliphatic carbocycles. The number of halogens is 1. The molecule has 1 fully saturated rings. The number of carbonyl (C=O) groups is 1. The second-order valence-electron chi connectivity index (χ2n) is 3.53. The lowest BCUT2D eigenvalue weighted by atomic mass is 9.87. The highest BCUT2D eigenvalue weighted by atomic mass is 127. The molecule has 1 aliphatic rings. The van der Waals surface area contributed by atoms with Crippen LogP contribution in [0, 0.1) is 5.92 Å². The predicted molar refractivity (Wildman–Crippen MR) is 58.1 cm³/mol. The molecule has 3 nitrogen and oxygen atoms in total. The minimum absolute atomic E-state index is 0.168. The summed E-state index contributed by atoms with van der Waals surface area (Å²) in [5.74, 6) is 0.676. The number of hydrogen-bond donors (Lipinski definition) is 1. The summed E-state index contributed by atoms with van der Waals surface area (Å²) in [4.78, 5) is 10.2. The Hall–Kier alpha value is 0. The molecule has 76 valence electrons. The summed E-state index contributed by atoms with van der Waals surface area (Å²) >= 11 is 2.06. The van der Waals surface area contributed by atoms with Gasteiger partial charge < -0.3 is 9.84 Å². The Labute approximate surface area is 92.0 Å². The third-order valence-electron chi connectivity index (χ3n) is 2.47. The maximum Gasteiger partial charge on any atom is 0.506 e. The third kappa shape index (κ3) is 4.69. The first-order valence-electron chi connectivity index (χ1n) is 4.72. The summed E-state index contributed by atoms with van der Waals surface area (Å²) in [7, 11) is 0. The number of ether oxygens (including phenoxy) is 1. The molecule has 0 radical (unpaired) electrons. The highest BCUT2D eigenvalue weighted by Gasteiger charge is 2.19. The fraction of sp³-hybridized carbons (Fsp3) is 0.889. The molecule has 1 atom stereocenters. The number of hydrogen-bond acceptors (Lipinski definition) is 2. The largest absolute Gasteiger partial charge is 0.506 e. The van der Waals surface area contributed by atoms with E-state index in [0.29, 0.717) is 5.92 Å². The van der Waals surface area contributed by atoms with Gasteiger partial charge in [-0.1, -0.05) is 32.1 Å². The first-order chi connectivity index (χ1) is 6.18. The molecular formula is C9H15IO3. The Morgan fingerprint density at radius 3 is 2.62 bits per heavy atom. The van der Waals surface area contributed by atoms with Gasteiger partial charge in [-0.15, -0.1) is 0 Å². The highest BCUT2D eigenvalue weighted by Crippen LogP contribution is 2.29. The van der Waals surface area contributed by atoms with Crippen LogP contribution in [0.25, 0.3) is 0 Å². The molecule has 1 saturated carbocycles. The van der Waals surface area contributed by atoms with Crippen molar-refractivity contribution < 1.29 is 14.6 Å². The van der Waals surface area contributed by atoms with E-state index < -0.39 is 6.16 Å². The first-order valence-corrected chi connectivity index (χ1v) is 5.96. The molecule has 0 aromatic heterocycles. The van der Waals surface area contributed by atoms with Gasteiger partial charge in [0, 0.05) is 0 Å². The van der Waals surface area contributed by atoms with Gasteiger partial charge in [-0.25, -0.2) is 4.79 Å². The summed E-state index contributed by atoms with van der Waals surface area (Å²) in [5.41, 5.74) is 0. The van der Waals surface area contributed by atoms with Crippen LogP contribution in [0.5, 0.6) is 0 Å². The van der Waals surface area contributed by atoms with Gasteiger partial charge >= 0.3 is 6.16 Å². The summed E-state index contributed by atoms with van der Waals surface area (Å²) < 4.78 is 4.49. The van der Waals surface area contributed by atoms with Gasteiger partial charge in [-0.2, -0.15) is 0 Å². The van der Waals surface area contributed by atoms with Crippen molar-refractivity contribution in [3.63, 3.8) is 0 Å². The minimum atomic E-state index is -1.16. The van der Waals surface area contributed by atoms with Crippen LogP contribution in [-0.2, 0) is 4.74 Å². The van der Waals surface area contributed by atoms with E-state index in [0.717, 1.165) is 6.42 Å². The van der Waals surface area contributed by atoms with Crippen molar-refractivity contribution in [3.05, 3.63) is 0 Å². The molecule has 0 spiro atoms. The molecule has 0 aromatic carbocycles. The molecule has 0 heterocycles. The summed E-state index contributed by atoms with van der Waals surface area (Å²) in [5, 5.41) is 8.39. The maximum atomic E-state index is 10.2. The van der Waals surface area contributed by atoms with Crippen LogP contribution in [0.15, 0.2) is 0 Å². The average molecular weight is 298 g/mol. The van der Waals surface area contributed by atoms with Crippen molar-refractivity contribution in [2.45, 2.75) is 42.6 Å². The fourth-order valence-corrected chi connectivity index (χ4v) is 2.78. The number of alkyl halides is 1. The van der Waals surface area contributed by atoms with E-state index in [2.05, 4.69) is 27.3 Å². The molecule has 1 unspecified atom stereocenters. The molecule has 0 aromatic rings. The zero-order chi connectivity index (χ0) is 9.68. The van der Waals surface area contributed by atoms with Crippen molar-refractivity contribution in [2.24, 2.45) is 5.92 Å². The fourth-order valence-electron chi connectivity index (χ4n) is 1.84. The minimum Gasteiger partial charge on any atom is -0.450 e. The Morgan fingerprint density at radius 1 is 1.46 bits per heavy atom. The second kappa shape index (κ2) is 5.67. The predicted octanol–water partition coefficient (Wildman–Crippen LogP) is 3.41. The van der Waals surface area contributed by atoms with Crippen molar-refractivity contribution in [2.75, 3.05) is 0 Å². The van der Waals surface area contributed by atoms with Crippen LogP contribution in [0.1, 0.15) is 38.5 Å². The summed E-state index contributed by atoms with van der Waals surface area (Å²) in [6.45, 7) is 0. The van der Waals surface area contributed by atoms with E-state index in [4.69, 9.17) is 5.11 Å². The second-order valence-corrected chi connectivity index (χ2v) is 4.92. The Kier molecular flexibility index (Phi) is 4.83. The molecule has 0 amide bonds. The van der Waals surface area contributed by atoms with Crippen LogP contribution in [0.4, 0.5) is 4.79 Å². The Balaban J connectivity index is 2.18. The van der Waals surface area contributed by atoms with Crippen LogP contribution >= 0.6 is 22.6 Å². The standard InChI is InChI=1S/C9H15IO3/c10-8(13-9(11)12)6-7-4-2-1-3-5-7/h7-8H,1-6H2,(H,11,12). The summed E-state index contributed by atoms with van der Waals surface area (Å²) in [6.07, 6.45) is 6.12. The van der Waals surface area contributed by atoms with Crippen LogP contribution < -0.4 is 0 Å². The van der Waals surface area contributed by atoms with E-state index in [1.165, 1.54) is 32.1 Å². The van der Waals surface area contributed by atoms with Crippen LogP contribution in [0.2, 0.25) is 0 Å². The van der Waals surface area contributed by atoms with E-state index in [1.54, 1.807) is 0 Å². The Bertz CT molecular complexity index is 166. The van der Waals surface area contributed by atoms with Gasteiger partial charge in [0.15, 0.2) is 4.11 Å². The van der Waals surface area contributed by atoms with Crippen LogP contribution in [-0.4, -0.2) is 15.4 Å². The van der Waals surface area contributed by atoms with Crippen LogP contribution in [0.3, 0.4) is 0 Å². The van der Waals surface area contributed by atoms with Crippen molar-refractivity contribution in [1.82, 2.24) is 0 Å². The molecule has 13 heavy (non-hydrogen) atoms. The number of carboxylic acid groups (broad SMARTS) is 1. The SMILES string of the molecule is O=C(O)OC(I)CC1CCCCC1. The monoisotopic (exact) mass is 298 g/mol. The normalized spacial score (nSPS) is 21.0. The van der Waals surface area contributed by atoms with Gasteiger partial charge in [0.05, 0.1) is 0 Å². The van der Waals surface area contributed by atoms with Crippen molar-refractivity contribution >= 4 is 28.7 Å². The Morgan fingerprint density at radius 2 is 2.08 bits per heavy atom. The topological polar surface area (TPSA) is 46.5 Å². The molecule has 1 rings (SSSR count). The van der Waals surface area contributed by atoms with E-state index in [1.807, 2.05) is 0 Å². The average Bonchev–Trinajstić information content (AvgIpc) is 2.04. The van der Waals surface area contributed by atoms with Crippen molar-refractivity contribution in [1.29, 1.82) is 0 Å². The number of rotatable bonds is 3. The van der Waals surface area contributed by atoms with Crippen molar-refractivity contribution in [3.8, 4) is 0 Å².